The number of ether oxygens (including phenoxy) is 1. The third kappa shape index (κ3) is 3.83. The molecule has 0 radical (unpaired) electrons. The van der Waals surface area contributed by atoms with E-state index in [-0.39, 0.29) is 29.9 Å². The summed E-state index contributed by atoms with van der Waals surface area (Å²) >= 11 is 0. The summed E-state index contributed by atoms with van der Waals surface area (Å²) in [5.41, 5.74) is 0.00407. The number of carbonyl (C=O) groups excluding carboxylic acids is 1. The smallest absolute Gasteiger partial charge is 0.434 e. The third-order valence-electron chi connectivity index (χ3n) is 6.30. The van der Waals surface area contributed by atoms with Crippen molar-refractivity contribution in [2.24, 2.45) is 0 Å². The maximum Gasteiger partial charge on any atom is 0.434 e. The van der Waals surface area contributed by atoms with Crippen molar-refractivity contribution in [3.63, 3.8) is 0 Å². The van der Waals surface area contributed by atoms with E-state index in [9.17, 15) is 18.0 Å². The molecular weight excluding hydrogens is 435 g/mol. The molecule has 2 bridgehead atoms. The maximum atomic E-state index is 13.8. The number of benzene rings is 1. The molecule has 4 heterocycles. The predicted octanol–water partition coefficient (Wildman–Crippen LogP) is 4.30. The Kier molecular flexibility index (Phi) is 5.30. The number of amides is 1. The SMILES string of the molecule is CCOc1ccc2cccnc2c1C(=O)N1C2CCC1C(Nc1cnc(C(F)(F)F)cn1)C2. The molecule has 2 aliphatic heterocycles. The molecule has 1 amide bonds. The molecule has 3 unspecified atom stereocenters. The highest BCUT2D eigenvalue weighted by molar-refractivity contribution is 6.08. The molecule has 0 saturated carbocycles. The van der Waals surface area contributed by atoms with Crippen LogP contribution in [0.25, 0.3) is 10.9 Å². The molecule has 0 spiro atoms. The molecule has 3 atom stereocenters. The van der Waals surface area contributed by atoms with E-state index in [1.807, 2.05) is 30.0 Å². The Bertz CT molecular complexity index is 1180. The Morgan fingerprint density at radius 1 is 1.18 bits per heavy atom. The normalized spacial score (nSPS) is 22.1. The van der Waals surface area contributed by atoms with Crippen molar-refractivity contribution in [1.29, 1.82) is 0 Å². The number of nitrogens with one attached hydrogen (secondary N) is 1. The highest BCUT2D eigenvalue weighted by Crippen LogP contribution is 2.41. The summed E-state index contributed by atoms with van der Waals surface area (Å²) in [5, 5.41) is 4.03. The molecule has 1 aromatic carbocycles. The zero-order valence-electron chi connectivity index (χ0n) is 17.8. The van der Waals surface area contributed by atoms with Crippen LogP contribution in [0.4, 0.5) is 19.0 Å². The quantitative estimate of drug-likeness (QED) is 0.616. The molecule has 1 N–H and O–H groups in total. The first-order valence-corrected chi connectivity index (χ1v) is 10.9. The molecule has 2 saturated heterocycles. The molecule has 0 aliphatic carbocycles. The lowest BCUT2D eigenvalue weighted by Crippen LogP contribution is -2.40. The number of fused-ring (bicyclic) bond motifs is 3. The van der Waals surface area contributed by atoms with Gasteiger partial charge in [-0.1, -0.05) is 6.07 Å². The van der Waals surface area contributed by atoms with Gasteiger partial charge in [0.25, 0.3) is 5.91 Å². The number of alkyl halides is 3. The predicted molar refractivity (Wildman–Crippen MR) is 115 cm³/mol. The van der Waals surface area contributed by atoms with Crippen molar-refractivity contribution in [3.05, 3.63) is 54.1 Å². The van der Waals surface area contributed by atoms with Gasteiger partial charge in [-0.3, -0.25) is 9.78 Å². The largest absolute Gasteiger partial charge is 0.493 e. The summed E-state index contributed by atoms with van der Waals surface area (Å²) in [6.45, 7) is 2.28. The lowest BCUT2D eigenvalue weighted by Gasteiger charge is -2.26. The molecule has 2 fully saturated rings. The van der Waals surface area contributed by atoms with Gasteiger partial charge in [0.15, 0.2) is 5.69 Å². The van der Waals surface area contributed by atoms with Crippen LogP contribution in [0.15, 0.2) is 42.9 Å². The van der Waals surface area contributed by atoms with Gasteiger partial charge >= 0.3 is 6.18 Å². The zero-order chi connectivity index (χ0) is 23.2. The summed E-state index contributed by atoms with van der Waals surface area (Å²) in [6.07, 6.45) is 1.27. The minimum Gasteiger partial charge on any atom is -0.493 e. The molecule has 7 nitrogen and oxygen atoms in total. The van der Waals surface area contributed by atoms with Gasteiger partial charge in [0.05, 0.1) is 36.6 Å². The van der Waals surface area contributed by atoms with Crippen molar-refractivity contribution < 1.29 is 22.7 Å². The van der Waals surface area contributed by atoms with Gasteiger partial charge in [-0.2, -0.15) is 13.2 Å². The Morgan fingerprint density at radius 3 is 2.76 bits per heavy atom. The van der Waals surface area contributed by atoms with Gasteiger partial charge in [-0.15, -0.1) is 0 Å². The van der Waals surface area contributed by atoms with E-state index in [1.165, 1.54) is 0 Å². The van der Waals surface area contributed by atoms with Gasteiger partial charge < -0.3 is 15.0 Å². The first-order chi connectivity index (χ1) is 15.9. The Labute approximate surface area is 188 Å². The van der Waals surface area contributed by atoms with Gasteiger partial charge in [0, 0.05) is 17.6 Å². The zero-order valence-corrected chi connectivity index (χ0v) is 17.8. The van der Waals surface area contributed by atoms with Crippen LogP contribution < -0.4 is 10.1 Å². The maximum absolute atomic E-state index is 13.8. The minimum atomic E-state index is -4.54. The Balaban J connectivity index is 1.41. The van der Waals surface area contributed by atoms with Crippen LogP contribution in [0, 0.1) is 0 Å². The second-order valence-electron chi connectivity index (χ2n) is 8.23. The summed E-state index contributed by atoms with van der Waals surface area (Å²) in [6, 6.07) is 7.19. The number of carbonyl (C=O) groups is 1. The van der Waals surface area contributed by atoms with Crippen LogP contribution in [0.5, 0.6) is 5.75 Å². The molecular formula is C23H22F3N5O2. The number of halogens is 3. The molecule has 10 heteroatoms. The molecule has 2 aliphatic rings. The first-order valence-electron chi connectivity index (χ1n) is 10.9. The lowest BCUT2D eigenvalue weighted by atomic mass is 9.95. The molecule has 5 rings (SSSR count). The van der Waals surface area contributed by atoms with E-state index < -0.39 is 11.9 Å². The van der Waals surface area contributed by atoms with Gasteiger partial charge in [-0.25, -0.2) is 9.97 Å². The number of hydrogen-bond acceptors (Lipinski definition) is 6. The van der Waals surface area contributed by atoms with Crippen molar-refractivity contribution in [3.8, 4) is 5.75 Å². The van der Waals surface area contributed by atoms with Crippen LogP contribution in [-0.2, 0) is 6.18 Å². The average molecular weight is 457 g/mol. The van der Waals surface area contributed by atoms with Crippen molar-refractivity contribution in [2.75, 3.05) is 11.9 Å². The van der Waals surface area contributed by atoms with Crippen LogP contribution in [-0.4, -0.2) is 50.5 Å². The molecule has 172 valence electrons. The Hall–Kier alpha value is -3.43. The number of rotatable bonds is 5. The van der Waals surface area contributed by atoms with E-state index in [0.29, 0.717) is 36.1 Å². The van der Waals surface area contributed by atoms with Gasteiger partial charge in [0.1, 0.15) is 17.1 Å². The number of aromatic nitrogens is 3. The summed E-state index contributed by atoms with van der Waals surface area (Å²) in [4.78, 5) is 27.5. The summed E-state index contributed by atoms with van der Waals surface area (Å²) in [5.74, 6) is 0.617. The van der Waals surface area contributed by atoms with Crippen molar-refractivity contribution in [2.45, 2.75) is 50.5 Å². The lowest BCUT2D eigenvalue weighted by molar-refractivity contribution is -0.141. The number of anilines is 1. The molecule has 33 heavy (non-hydrogen) atoms. The highest BCUT2D eigenvalue weighted by Gasteiger charge is 2.49. The van der Waals surface area contributed by atoms with E-state index in [4.69, 9.17) is 4.74 Å². The summed E-state index contributed by atoms with van der Waals surface area (Å²) in [7, 11) is 0. The first kappa shape index (κ1) is 21.4. The van der Waals surface area contributed by atoms with Crippen LogP contribution in [0.1, 0.15) is 42.2 Å². The van der Waals surface area contributed by atoms with Crippen LogP contribution in [0.2, 0.25) is 0 Å². The molecule has 3 aromatic rings. The monoisotopic (exact) mass is 457 g/mol. The van der Waals surface area contributed by atoms with Gasteiger partial charge in [0.2, 0.25) is 0 Å². The average Bonchev–Trinajstić information content (AvgIpc) is 3.36. The fourth-order valence-corrected chi connectivity index (χ4v) is 4.94. The van der Waals surface area contributed by atoms with E-state index in [2.05, 4.69) is 20.3 Å². The second-order valence-corrected chi connectivity index (χ2v) is 8.23. The fraction of sp³-hybridized carbons (Fsp3) is 0.391. The highest BCUT2D eigenvalue weighted by atomic mass is 19.4. The summed E-state index contributed by atoms with van der Waals surface area (Å²) < 4.78 is 44.1. The van der Waals surface area contributed by atoms with E-state index in [0.717, 1.165) is 24.4 Å². The fourth-order valence-electron chi connectivity index (χ4n) is 4.94. The van der Waals surface area contributed by atoms with Crippen molar-refractivity contribution >= 4 is 22.6 Å². The van der Waals surface area contributed by atoms with Crippen molar-refractivity contribution in [1.82, 2.24) is 19.9 Å². The van der Waals surface area contributed by atoms with Crippen LogP contribution in [0.3, 0.4) is 0 Å². The third-order valence-corrected chi connectivity index (χ3v) is 6.30. The minimum absolute atomic E-state index is 0.0239. The topological polar surface area (TPSA) is 80.2 Å². The number of hydrogen-bond donors (Lipinski definition) is 1. The van der Waals surface area contributed by atoms with Gasteiger partial charge in [-0.05, 0) is 44.4 Å². The second kappa shape index (κ2) is 8.17. The number of pyridine rings is 1. The van der Waals surface area contributed by atoms with Crippen LogP contribution >= 0.6 is 0 Å². The molecule has 2 aromatic heterocycles. The Morgan fingerprint density at radius 2 is 2.03 bits per heavy atom. The van der Waals surface area contributed by atoms with E-state index in [1.54, 1.807) is 12.3 Å². The van der Waals surface area contributed by atoms with E-state index >= 15 is 0 Å². The standard InChI is InChI=1S/C23H22F3N5O2/c1-2-33-17-8-5-13-4-3-9-27-21(13)20(17)22(32)31-14-6-7-16(31)15(10-14)30-19-12-28-18(11-29-19)23(24,25)26/h3-5,8-9,11-12,14-16H,2,6-7,10H2,1H3,(H,29,30). The number of nitrogens with zero attached hydrogens (tertiary/aromatic N) is 4.